The molecule has 0 bridgehead atoms. The summed E-state index contributed by atoms with van der Waals surface area (Å²) >= 11 is 0. The molecule has 4 heterocycles. The van der Waals surface area contributed by atoms with Gasteiger partial charge in [0, 0.05) is 38.1 Å². The molecule has 37 heavy (non-hydrogen) atoms. The number of fused-ring (bicyclic) bond motifs is 1. The first-order valence-corrected chi connectivity index (χ1v) is 13.0. The van der Waals surface area contributed by atoms with Crippen LogP contribution in [-0.4, -0.2) is 80.2 Å². The fraction of sp³-hybridized carbons (Fsp3) is 0.560. The first-order valence-electron chi connectivity index (χ1n) is 13.0. The van der Waals surface area contributed by atoms with E-state index in [1.165, 1.54) is 4.57 Å². The average molecular weight is 513 g/mol. The lowest BCUT2D eigenvalue weighted by Crippen LogP contribution is -2.41. The quantitative estimate of drug-likeness (QED) is 0.537. The van der Waals surface area contributed by atoms with Gasteiger partial charge in [0.1, 0.15) is 0 Å². The number of carbonyl (C=O) groups excluding carboxylic acids is 1. The number of hydrogen-bond acceptors (Lipinski definition) is 8. The number of imidazole rings is 1. The second-order valence-electron chi connectivity index (χ2n) is 9.79. The molecule has 196 valence electrons. The lowest BCUT2D eigenvalue weighted by Gasteiger charge is -2.35. The molecule has 1 aliphatic carbocycles. The van der Waals surface area contributed by atoms with Crippen LogP contribution in [0, 0.1) is 0 Å². The van der Waals surface area contributed by atoms with Gasteiger partial charge in [0.2, 0.25) is 23.8 Å². The van der Waals surface area contributed by atoms with E-state index in [-0.39, 0.29) is 23.9 Å². The third-order valence-electron chi connectivity index (χ3n) is 7.47. The van der Waals surface area contributed by atoms with Crippen molar-refractivity contribution in [2.75, 3.05) is 43.1 Å². The summed E-state index contributed by atoms with van der Waals surface area (Å²) in [6, 6.07) is 7.39. The van der Waals surface area contributed by atoms with Gasteiger partial charge in [-0.2, -0.15) is 15.0 Å². The molecule has 3 fully saturated rings. The van der Waals surface area contributed by atoms with Gasteiger partial charge < -0.3 is 19.9 Å². The highest BCUT2D eigenvalue weighted by atomic mass is 19.3. The number of aromatic nitrogens is 5. The molecule has 1 amide bonds. The van der Waals surface area contributed by atoms with E-state index >= 15 is 0 Å². The standard InChI is InChI=1S/C25H30F2N8O2/c26-21(27)22-29-18-4-1-2-5-19(18)35(22)25-31-23(30-24(32-25)33-12-14-37-15-13-33)28-16-7-9-17(10-8-16)34-11-3-6-20(34)36/h1-2,4-5,16-17,21H,3,6-15H2,(H,28,30,31,32)/t16-,17-. The van der Waals surface area contributed by atoms with E-state index in [4.69, 9.17) is 4.74 Å². The monoisotopic (exact) mass is 512 g/mol. The maximum atomic E-state index is 14.0. The summed E-state index contributed by atoms with van der Waals surface area (Å²) in [5.41, 5.74) is 0.967. The van der Waals surface area contributed by atoms with E-state index in [1.54, 1.807) is 24.3 Å². The number of alkyl halides is 2. The molecule has 3 aliphatic rings. The van der Waals surface area contributed by atoms with Crippen LogP contribution >= 0.6 is 0 Å². The lowest BCUT2D eigenvalue weighted by molar-refractivity contribution is -0.130. The lowest BCUT2D eigenvalue weighted by atomic mass is 9.90. The number of hydrogen-bond donors (Lipinski definition) is 1. The third kappa shape index (κ3) is 4.81. The summed E-state index contributed by atoms with van der Waals surface area (Å²) in [6.07, 6.45) is 2.38. The van der Waals surface area contributed by atoms with Gasteiger partial charge in [0.25, 0.3) is 6.43 Å². The van der Waals surface area contributed by atoms with Gasteiger partial charge in [-0.25, -0.2) is 13.8 Å². The number of para-hydroxylation sites is 2. The van der Waals surface area contributed by atoms with Crippen molar-refractivity contribution >= 4 is 28.8 Å². The summed E-state index contributed by atoms with van der Waals surface area (Å²) in [5, 5.41) is 3.44. The van der Waals surface area contributed by atoms with Crippen LogP contribution in [0.25, 0.3) is 17.0 Å². The molecule has 2 saturated heterocycles. The van der Waals surface area contributed by atoms with E-state index in [9.17, 15) is 13.6 Å². The van der Waals surface area contributed by atoms with Gasteiger partial charge in [-0.1, -0.05) is 12.1 Å². The molecule has 2 aromatic heterocycles. The number of benzene rings is 1. The number of ether oxygens (including phenoxy) is 1. The maximum Gasteiger partial charge on any atom is 0.296 e. The zero-order chi connectivity index (χ0) is 25.4. The van der Waals surface area contributed by atoms with Crippen LogP contribution in [0.3, 0.4) is 0 Å². The molecule has 1 N–H and O–H groups in total. The number of halogens is 2. The van der Waals surface area contributed by atoms with Crippen molar-refractivity contribution < 1.29 is 18.3 Å². The van der Waals surface area contributed by atoms with Crippen molar-refractivity contribution in [3.05, 3.63) is 30.1 Å². The normalized spacial score (nSPS) is 22.8. The zero-order valence-corrected chi connectivity index (χ0v) is 20.5. The van der Waals surface area contributed by atoms with Gasteiger partial charge in [-0.15, -0.1) is 0 Å². The van der Waals surface area contributed by atoms with Crippen LogP contribution in [0.15, 0.2) is 24.3 Å². The second-order valence-corrected chi connectivity index (χ2v) is 9.79. The summed E-state index contributed by atoms with van der Waals surface area (Å²) < 4.78 is 34.9. The highest BCUT2D eigenvalue weighted by molar-refractivity contribution is 5.78. The Labute approximate surface area is 213 Å². The van der Waals surface area contributed by atoms with Crippen molar-refractivity contribution in [2.24, 2.45) is 0 Å². The molecular weight excluding hydrogens is 482 g/mol. The van der Waals surface area contributed by atoms with Crippen LogP contribution < -0.4 is 10.2 Å². The molecule has 6 rings (SSSR count). The highest BCUT2D eigenvalue weighted by Crippen LogP contribution is 2.30. The van der Waals surface area contributed by atoms with E-state index in [1.807, 2.05) is 9.80 Å². The van der Waals surface area contributed by atoms with Gasteiger partial charge in [0.15, 0.2) is 5.82 Å². The average Bonchev–Trinajstić information content (AvgIpc) is 3.53. The van der Waals surface area contributed by atoms with E-state index in [0.29, 0.717) is 55.7 Å². The Morgan fingerprint density at radius 3 is 2.43 bits per heavy atom. The number of morpholine rings is 1. The smallest absolute Gasteiger partial charge is 0.296 e. The Morgan fingerprint density at radius 1 is 0.946 bits per heavy atom. The van der Waals surface area contributed by atoms with Crippen LogP contribution in [-0.2, 0) is 9.53 Å². The largest absolute Gasteiger partial charge is 0.378 e. The molecule has 0 radical (unpaired) electrons. The van der Waals surface area contributed by atoms with Crippen molar-refractivity contribution in [3.63, 3.8) is 0 Å². The third-order valence-corrected chi connectivity index (χ3v) is 7.47. The molecule has 0 atom stereocenters. The predicted octanol–water partition coefficient (Wildman–Crippen LogP) is 3.33. The summed E-state index contributed by atoms with van der Waals surface area (Å²) in [7, 11) is 0. The van der Waals surface area contributed by atoms with Crippen LogP contribution in [0.5, 0.6) is 0 Å². The Bertz CT molecular complexity index is 1270. The minimum Gasteiger partial charge on any atom is -0.378 e. The van der Waals surface area contributed by atoms with Crippen LogP contribution in [0.4, 0.5) is 20.7 Å². The maximum absolute atomic E-state index is 14.0. The fourth-order valence-electron chi connectivity index (χ4n) is 5.59. The van der Waals surface area contributed by atoms with Crippen molar-refractivity contribution in [1.29, 1.82) is 0 Å². The molecule has 12 heteroatoms. The fourth-order valence-corrected chi connectivity index (χ4v) is 5.59. The topological polar surface area (TPSA) is 101 Å². The molecule has 1 aromatic carbocycles. The predicted molar refractivity (Wildman–Crippen MR) is 133 cm³/mol. The molecule has 10 nitrogen and oxygen atoms in total. The van der Waals surface area contributed by atoms with Crippen molar-refractivity contribution in [1.82, 2.24) is 29.4 Å². The Hall–Kier alpha value is -3.41. The SMILES string of the molecule is O=C1CCCN1[C@H]1CC[C@H](Nc2nc(N3CCOCC3)nc(-n3c(C(F)F)nc4ccccc43)n2)CC1. The van der Waals surface area contributed by atoms with Crippen molar-refractivity contribution in [2.45, 2.75) is 57.0 Å². The first-order chi connectivity index (χ1) is 18.1. The molecule has 3 aromatic rings. The number of rotatable bonds is 6. The number of carbonyl (C=O) groups is 1. The van der Waals surface area contributed by atoms with E-state index < -0.39 is 12.2 Å². The Morgan fingerprint density at radius 2 is 1.70 bits per heavy atom. The van der Waals surface area contributed by atoms with Gasteiger partial charge >= 0.3 is 0 Å². The van der Waals surface area contributed by atoms with E-state index in [2.05, 4.69) is 25.3 Å². The highest BCUT2D eigenvalue weighted by Gasteiger charge is 2.32. The summed E-state index contributed by atoms with van der Waals surface area (Å²) in [4.78, 5) is 34.2. The van der Waals surface area contributed by atoms with Gasteiger partial charge in [-0.3, -0.25) is 9.36 Å². The number of amides is 1. The molecular formula is C25H30F2N8O2. The van der Waals surface area contributed by atoms with E-state index in [0.717, 1.165) is 38.6 Å². The second kappa shape index (κ2) is 10.2. The van der Waals surface area contributed by atoms with Gasteiger partial charge in [-0.05, 0) is 44.2 Å². The minimum absolute atomic E-state index is 0.111. The number of nitrogens with one attached hydrogen (secondary N) is 1. The zero-order valence-electron chi connectivity index (χ0n) is 20.5. The first kappa shape index (κ1) is 24.0. The summed E-state index contributed by atoms with van der Waals surface area (Å²) in [5.74, 6) is 0.743. The minimum atomic E-state index is -2.80. The molecule has 0 spiro atoms. The number of nitrogens with zero attached hydrogens (tertiary/aromatic N) is 7. The molecule has 0 unspecified atom stereocenters. The Balaban J connectivity index is 1.31. The molecule has 2 aliphatic heterocycles. The summed E-state index contributed by atoms with van der Waals surface area (Å²) in [6.45, 7) is 3.14. The van der Waals surface area contributed by atoms with Crippen molar-refractivity contribution in [3.8, 4) is 5.95 Å². The number of anilines is 2. The Kier molecular flexibility index (Phi) is 6.58. The van der Waals surface area contributed by atoms with Crippen LogP contribution in [0.1, 0.15) is 50.8 Å². The van der Waals surface area contributed by atoms with Crippen LogP contribution in [0.2, 0.25) is 0 Å². The number of likely N-dealkylation sites (tertiary alicyclic amines) is 1. The molecule has 1 saturated carbocycles. The van der Waals surface area contributed by atoms with Gasteiger partial charge in [0.05, 0.1) is 24.2 Å².